The van der Waals surface area contributed by atoms with E-state index in [2.05, 4.69) is 5.32 Å². The number of nitrogens with one attached hydrogen (secondary N) is 2. The van der Waals surface area contributed by atoms with Gasteiger partial charge in [0.05, 0.1) is 12.6 Å². The Morgan fingerprint density at radius 2 is 2.27 bits per heavy atom. The third-order valence-corrected chi connectivity index (χ3v) is 4.37. The smallest absolute Gasteiger partial charge is 0.437 e. The normalized spacial score (nSPS) is 28.7. The van der Waals surface area contributed by atoms with Crippen molar-refractivity contribution in [1.82, 2.24) is 10.6 Å². The van der Waals surface area contributed by atoms with Crippen molar-refractivity contribution >= 4 is 34.6 Å². The largest absolute Gasteiger partial charge is 0.466 e. The Hall–Kier alpha value is -1.39. The molecule has 0 aromatic carbocycles. The molecule has 1 aliphatic rings. The molecule has 1 aromatic rings. The lowest BCUT2D eigenvalue weighted by Gasteiger charge is -2.45. The maximum absolute atomic E-state index is 13.4. The molecule has 0 saturated carbocycles. The van der Waals surface area contributed by atoms with Crippen LogP contribution in [0.3, 0.4) is 0 Å². The summed E-state index contributed by atoms with van der Waals surface area (Å²) in [6.45, 7) is 1.36. The zero-order valence-corrected chi connectivity index (χ0v) is 12.9. The van der Waals surface area contributed by atoms with E-state index in [1.54, 1.807) is 22.8 Å². The highest BCUT2D eigenvalue weighted by Gasteiger charge is 2.66. The number of ether oxygens (including phenoxy) is 1. The Kier molecular flexibility index (Phi) is 4.64. The lowest BCUT2D eigenvalue weighted by Crippen LogP contribution is -2.72. The van der Waals surface area contributed by atoms with Crippen molar-refractivity contribution in [2.45, 2.75) is 24.9 Å². The second kappa shape index (κ2) is 6.01. The average Bonchev–Trinajstić information content (AvgIpc) is 2.90. The highest BCUT2D eigenvalue weighted by atomic mass is 32.1. The van der Waals surface area contributed by atoms with E-state index in [1.165, 1.54) is 6.92 Å². The fourth-order valence-electron chi connectivity index (χ4n) is 2.24. The van der Waals surface area contributed by atoms with Crippen LogP contribution in [0.2, 0.25) is 0 Å². The molecule has 3 N–H and O–H groups in total. The summed E-state index contributed by atoms with van der Waals surface area (Å²) in [5.41, 5.74) is -3.50. The number of hydrogen-bond acceptors (Lipinski definition) is 5. The minimum atomic E-state index is -5.12. The van der Waals surface area contributed by atoms with Gasteiger partial charge in [0.2, 0.25) is 0 Å². The summed E-state index contributed by atoms with van der Waals surface area (Å²) in [6, 6.07) is 2.04. The van der Waals surface area contributed by atoms with Crippen LogP contribution in [-0.4, -0.2) is 34.7 Å². The third-order valence-electron chi connectivity index (χ3n) is 3.20. The van der Waals surface area contributed by atoms with Crippen LogP contribution in [0, 0.1) is 5.92 Å². The van der Waals surface area contributed by atoms with Crippen LogP contribution >= 0.6 is 23.6 Å². The molecule has 122 valence electrons. The fraction of sp³-hybridized carbons (Fsp3) is 0.500. The van der Waals surface area contributed by atoms with Crippen molar-refractivity contribution < 1.29 is 27.8 Å². The topological polar surface area (TPSA) is 70.6 Å². The van der Waals surface area contributed by atoms with E-state index >= 15 is 0 Å². The molecule has 0 bridgehead atoms. The molecule has 2 rings (SSSR count). The molecular weight excluding hydrogens is 341 g/mol. The average molecular weight is 354 g/mol. The first-order chi connectivity index (χ1) is 10.2. The van der Waals surface area contributed by atoms with E-state index in [1.807, 2.05) is 0 Å². The minimum Gasteiger partial charge on any atom is -0.466 e. The Morgan fingerprint density at radius 3 is 2.77 bits per heavy atom. The number of thiocarbonyl (C=S) groups is 1. The van der Waals surface area contributed by atoms with Gasteiger partial charge in [0.15, 0.2) is 5.11 Å². The molecule has 22 heavy (non-hydrogen) atoms. The quantitative estimate of drug-likeness (QED) is 0.567. The molecule has 5 nitrogen and oxygen atoms in total. The predicted octanol–water partition coefficient (Wildman–Crippen LogP) is 1.70. The van der Waals surface area contributed by atoms with Crippen molar-refractivity contribution in [2.24, 2.45) is 5.92 Å². The lowest BCUT2D eigenvalue weighted by molar-refractivity contribution is -0.292. The number of rotatable bonds is 3. The number of esters is 1. The predicted molar refractivity (Wildman–Crippen MR) is 77.1 cm³/mol. The number of alkyl halides is 3. The summed E-state index contributed by atoms with van der Waals surface area (Å²) in [5, 5.41) is 15.8. The second-order valence-corrected chi connectivity index (χ2v) is 5.97. The number of carbonyl (C=O) groups excluding carboxylic acids is 1. The molecule has 0 spiro atoms. The highest BCUT2D eigenvalue weighted by Crippen LogP contribution is 2.43. The van der Waals surface area contributed by atoms with Gasteiger partial charge in [0.1, 0.15) is 5.92 Å². The van der Waals surface area contributed by atoms with Gasteiger partial charge < -0.3 is 20.5 Å². The molecule has 2 heterocycles. The molecule has 1 fully saturated rings. The van der Waals surface area contributed by atoms with Gasteiger partial charge in [-0.1, -0.05) is 6.07 Å². The number of halogens is 3. The first kappa shape index (κ1) is 17.0. The van der Waals surface area contributed by atoms with E-state index in [0.29, 0.717) is 4.88 Å². The molecule has 10 heteroatoms. The lowest BCUT2D eigenvalue weighted by atomic mass is 9.85. The van der Waals surface area contributed by atoms with Crippen molar-refractivity contribution in [2.75, 3.05) is 6.61 Å². The van der Waals surface area contributed by atoms with Crippen molar-refractivity contribution in [3.8, 4) is 0 Å². The van der Waals surface area contributed by atoms with Crippen LogP contribution in [0.25, 0.3) is 0 Å². The van der Waals surface area contributed by atoms with Crippen LogP contribution < -0.4 is 10.6 Å². The highest BCUT2D eigenvalue weighted by molar-refractivity contribution is 7.80. The summed E-state index contributed by atoms with van der Waals surface area (Å²) in [6.07, 6.45) is -5.12. The van der Waals surface area contributed by atoms with Crippen LogP contribution in [-0.2, 0) is 9.53 Å². The number of aliphatic hydroxyl groups is 1. The van der Waals surface area contributed by atoms with Crippen LogP contribution in [0.4, 0.5) is 13.2 Å². The fourth-order valence-corrected chi connectivity index (χ4v) is 3.34. The minimum absolute atomic E-state index is 0.106. The SMILES string of the molecule is CCOC(=O)[C@@H]1[C@H](c2cccs2)NC(=S)N[C@@]1(O)C(F)(F)F. The van der Waals surface area contributed by atoms with Gasteiger partial charge >= 0.3 is 12.1 Å². The summed E-state index contributed by atoms with van der Waals surface area (Å²) in [4.78, 5) is 12.5. The second-order valence-electron chi connectivity index (χ2n) is 4.59. The van der Waals surface area contributed by atoms with Crippen LogP contribution in [0.5, 0.6) is 0 Å². The summed E-state index contributed by atoms with van der Waals surface area (Å²) in [5.74, 6) is -3.10. The Morgan fingerprint density at radius 1 is 1.59 bits per heavy atom. The zero-order valence-electron chi connectivity index (χ0n) is 11.3. The Balaban J connectivity index is 2.51. The summed E-state index contributed by atoms with van der Waals surface area (Å²) < 4.78 is 44.8. The molecule has 0 aliphatic carbocycles. The molecule has 0 radical (unpaired) electrons. The van der Waals surface area contributed by atoms with Gasteiger partial charge in [-0.25, -0.2) is 0 Å². The van der Waals surface area contributed by atoms with Gasteiger partial charge in [0.25, 0.3) is 5.72 Å². The molecule has 1 aromatic heterocycles. The van der Waals surface area contributed by atoms with Gasteiger partial charge in [-0.2, -0.15) is 13.2 Å². The first-order valence-electron chi connectivity index (χ1n) is 6.28. The molecule has 1 saturated heterocycles. The maximum Gasteiger partial charge on any atom is 0.437 e. The van der Waals surface area contributed by atoms with Crippen molar-refractivity contribution in [1.29, 1.82) is 0 Å². The van der Waals surface area contributed by atoms with E-state index in [9.17, 15) is 23.1 Å². The van der Waals surface area contributed by atoms with E-state index in [0.717, 1.165) is 11.3 Å². The van der Waals surface area contributed by atoms with Crippen LogP contribution in [0.15, 0.2) is 17.5 Å². The number of hydrogen-bond donors (Lipinski definition) is 3. The van der Waals surface area contributed by atoms with Crippen LogP contribution in [0.1, 0.15) is 17.8 Å². The monoisotopic (exact) mass is 354 g/mol. The number of carbonyl (C=O) groups is 1. The Bertz CT molecular complexity index is 564. The third kappa shape index (κ3) is 2.90. The molecule has 3 atom stereocenters. The molecular formula is C12H13F3N2O3S2. The molecule has 1 aliphatic heterocycles. The molecule has 0 amide bonds. The van der Waals surface area contributed by atoms with Crippen molar-refractivity contribution in [3.05, 3.63) is 22.4 Å². The van der Waals surface area contributed by atoms with E-state index in [-0.39, 0.29) is 6.61 Å². The van der Waals surface area contributed by atoms with Gasteiger partial charge in [0, 0.05) is 4.88 Å². The maximum atomic E-state index is 13.4. The molecule has 0 unspecified atom stereocenters. The van der Waals surface area contributed by atoms with E-state index < -0.39 is 34.9 Å². The standard InChI is InChI=1S/C12H13F3N2O3S2/c1-2-20-9(18)7-8(6-4-3-5-22-6)16-10(21)17-11(7,19)12(13,14)15/h3-5,7-8,19H,2H2,1H3,(H2,16,17,21)/t7-,8-,11-/m0/s1. The van der Waals surface area contributed by atoms with E-state index in [4.69, 9.17) is 17.0 Å². The van der Waals surface area contributed by atoms with Gasteiger partial charge in [-0.15, -0.1) is 11.3 Å². The number of thiophene rings is 1. The first-order valence-corrected chi connectivity index (χ1v) is 7.57. The summed E-state index contributed by atoms with van der Waals surface area (Å²) >= 11 is 5.89. The summed E-state index contributed by atoms with van der Waals surface area (Å²) in [7, 11) is 0. The van der Waals surface area contributed by atoms with Gasteiger partial charge in [-0.05, 0) is 30.6 Å². The zero-order chi connectivity index (χ0) is 16.5. The van der Waals surface area contributed by atoms with Crippen molar-refractivity contribution in [3.63, 3.8) is 0 Å². The van der Waals surface area contributed by atoms with Gasteiger partial charge in [-0.3, -0.25) is 4.79 Å². The Labute approximate surface area is 133 Å².